The highest BCUT2D eigenvalue weighted by molar-refractivity contribution is 7.18. The third-order valence-electron chi connectivity index (χ3n) is 3.95. The first-order valence-corrected chi connectivity index (χ1v) is 8.28. The van der Waals surface area contributed by atoms with E-state index in [1.807, 2.05) is 11.3 Å². The second-order valence-electron chi connectivity index (χ2n) is 5.88. The van der Waals surface area contributed by atoms with Crippen LogP contribution in [-0.4, -0.2) is 0 Å². The van der Waals surface area contributed by atoms with Gasteiger partial charge in [-0.25, -0.2) is 0 Å². The van der Waals surface area contributed by atoms with Gasteiger partial charge in [0.2, 0.25) is 5.52 Å². The predicted octanol–water partition coefficient (Wildman–Crippen LogP) is 4.97. The van der Waals surface area contributed by atoms with Gasteiger partial charge in [-0.05, 0) is 44.2 Å². The first kappa shape index (κ1) is 13.6. The normalized spacial score (nSPS) is 21.4. The Labute approximate surface area is 125 Å². The Morgan fingerprint density at radius 3 is 2.85 bits per heavy atom. The van der Waals surface area contributed by atoms with Crippen LogP contribution in [0.5, 0.6) is 0 Å². The predicted molar refractivity (Wildman–Crippen MR) is 87.8 cm³/mol. The monoisotopic (exact) mass is 284 g/mol. The van der Waals surface area contributed by atoms with Crippen LogP contribution in [0.25, 0.3) is 16.3 Å². The fraction of sp³-hybridized carbons (Fsp3) is 0.389. The summed E-state index contributed by atoms with van der Waals surface area (Å²) in [5.74, 6) is 0.774. The van der Waals surface area contributed by atoms with Crippen molar-refractivity contribution in [2.75, 3.05) is 0 Å². The van der Waals surface area contributed by atoms with Crippen molar-refractivity contribution in [3.05, 3.63) is 46.5 Å². The highest BCUT2D eigenvalue weighted by atomic mass is 32.1. The van der Waals surface area contributed by atoms with Crippen LogP contribution in [0.1, 0.15) is 38.6 Å². The molecule has 0 aliphatic heterocycles. The van der Waals surface area contributed by atoms with E-state index in [0.29, 0.717) is 0 Å². The SMILES string of the molecule is CC[n+]1c(/C=C2\C=C(C)C[C@@H](C)C2)sc2ccccc21. The van der Waals surface area contributed by atoms with Gasteiger partial charge < -0.3 is 0 Å². The molecule has 2 heteroatoms. The molecule has 0 spiro atoms. The number of fused-ring (bicyclic) bond motifs is 1. The topological polar surface area (TPSA) is 3.88 Å². The minimum absolute atomic E-state index is 0.774. The fourth-order valence-corrected chi connectivity index (χ4v) is 4.41. The van der Waals surface area contributed by atoms with Crippen molar-refractivity contribution < 1.29 is 4.57 Å². The number of benzene rings is 1. The number of thiazole rings is 1. The summed E-state index contributed by atoms with van der Waals surface area (Å²) in [6, 6.07) is 8.70. The summed E-state index contributed by atoms with van der Waals surface area (Å²) < 4.78 is 3.81. The first-order chi connectivity index (χ1) is 9.67. The highest BCUT2D eigenvalue weighted by Gasteiger charge is 2.19. The largest absolute Gasteiger partial charge is 0.263 e. The molecule has 0 N–H and O–H groups in total. The zero-order chi connectivity index (χ0) is 14.1. The van der Waals surface area contributed by atoms with E-state index in [1.165, 1.54) is 39.2 Å². The van der Waals surface area contributed by atoms with Crippen molar-refractivity contribution in [3.8, 4) is 0 Å². The summed E-state index contributed by atoms with van der Waals surface area (Å²) in [6.07, 6.45) is 7.23. The van der Waals surface area contributed by atoms with Crippen LogP contribution in [-0.2, 0) is 6.54 Å². The van der Waals surface area contributed by atoms with Gasteiger partial charge in [0, 0.05) is 12.1 Å². The van der Waals surface area contributed by atoms with E-state index >= 15 is 0 Å². The Morgan fingerprint density at radius 2 is 2.10 bits per heavy atom. The van der Waals surface area contributed by atoms with Gasteiger partial charge >= 0.3 is 0 Å². The number of allylic oxidation sites excluding steroid dienone is 3. The Bertz CT molecular complexity index is 691. The molecule has 0 bridgehead atoms. The number of rotatable bonds is 2. The standard InChI is InChI=1S/C18H22NS/c1-4-19-16-7-5-6-8-17(16)20-18(19)12-15-10-13(2)9-14(3)11-15/h5-8,10,12,14H,4,9,11H2,1-3H3/q+1/b15-12+/t14-/m1/s1. The lowest BCUT2D eigenvalue weighted by Crippen LogP contribution is -2.33. The molecule has 0 radical (unpaired) electrons. The number of para-hydroxylation sites is 1. The van der Waals surface area contributed by atoms with E-state index < -0.39 is 0 Å². The molecule has 0 saturated heterocycles. The molecule has 20 heavy (non-hydrogen) atoms. The molecule has 3 rings (SSSR count). The number of nitrogens with zero attached hydrogens (tertiary/aromatic N) is 1. The average molecular weight is 284 g/mol. The van der Waals surface area contributed by atoms with Crippen molar-refractivity contribution in [2.24, 2.45) is 5.92 Å². The van der Waals surface area contributed by atoms with Gasteiger partial charge in [-0.1, -0.05) is 42.0 Å². The van der Waals surface area contributed by atoms with E-state index in [9.17, 15) is 0 Å². The minimum Gasteiger partial charge on any atom is -0.182 e. The summed E-state index contributed by atoms with van der Waals surface area (Å²) >= 11 is 1.90. The molecule has 1 aliphatic carbocycles. The fourth-order valence-electron chi connectivity index (χ4n) is 3.20. The number of hydrogen-bond acceptors (Lipinski definition) is 1. The summed E-state index contributed by atoms with van der Waals surface area (Å²) in [5.41, 5.74) is 4.35. The molecule has 1 aliphatic rings. The molecule has 2 aromatic rings. The van der Waals surface area contributed by atoms with Crippen LogP contribution >= 0.6 is 11.3 Å². The maximum absolute atomic E-state index is 2.43. The molecule has 0 amide bonds. The molecule has 1 aromatic carbocycles. The lowest BCUT2D eigenvalue weighted by atomic mass is 9.88. The zero-order valence-electron chi connectivity index (χ0n) is 12.5. The Kier molecular flexibility index (Phi) is 3.75. The molecule has 1 heterocycles. The lowest BCUT2D eigenvalue weighted by molar-refractivity contribution is -0.665. The van der Waals surface area contributed by atoms with E-state index in [2.05, 4.69) is 61.8 Å². The zero-order valence-corrected chi connectivity index (χ0v) is 13.3. The minimum atomic E-state index is 0.774. The molecule has 0 saturated carbocycles. The molecular weight excluding hydrogens is 262 g/mol. The van der Waals surface area contributed by atoms with E-state index in [-0.39, 0.29) is 0 Å². The maximum Gasteiger partial charge on any atom is 0.263 e. The van der Waals surface area contributed by atoms with E-state index in [0.717, 1.165) is 12.5 Å². The smallest absolute Gasteiger partial charge is 0.182 e. The highest BCUT2D eigenvalue weighted by Crippen LogP contribution is 2.30. The van der Waals surface area contributed by atoms with Gasteiger partial charge in [-0.2, -0.15) is 4.57 Å². The molecular formula is C18H22NS+. The maximum atomic E-state index is 2.43. The Balaban J connectivity index is 2.08. The second-order valence-corrected chi connectivity index (χ2v) is 6.94. The second kappa shape index (κ2) is 5.53. The molecule has 1 nitrogen and oxygen atoms in total. The summed E-state index contributed by atoms with van der Waals surface area (Å²) in [7, 11) is 0. The Hall–Kier alpha value is -1.41. The van der Waals surface area contributed by atoms with Gasteiger partial charge in [-0.3, -0.25) is 0 Å². The summed E-state index contributed by atoms with van der Waals surface area (Å²) in [4.78, 5) is 0. The van der Waals surface area contributed by atoms with Gasteiger partial charge in [0.1, 0.15) is 11.2 Å². The van der Waals surface area contributed by atoms with Crippen LogP contribution in [0, 0.1) is 5.92 Å². The van der Waals surface area contributed by atoms with Gasteiger partial charge in [0.25, 0.3) is 5.01 Å². The van der Waals surface area contributed by atoms with Crippen molar-refractivity contribution in [1.29, 1.82) is 0 Å². The third-order valence-corrected chi connectivity index (χ3v) is 5.06. The average Bonchev–Trinajstić information content (AvgIpc) is 2.74. The van der Waals surface area contributed by atoms with Gasteiger partial charge in [0.05, 0.1) is 0 Å². The van der Waals surface area contributed by atoms with Crippen LogP contribution in [0.4, 0.5) is 0 Å². The summed E-state index contributed by atoms with van der Waals surface area (Å²) in [6.45, 7) is 7.86. The van der Waals surface area contributed by atoms with Gasteiger partial charge in [0.15, 0.2) is 0 Å². The van der Waals surface area contributed by atoms with Crippen LogP contribution in [0.3, 0.4) is 0 Å². The van der Waals surface area contributed by atoms with Crippen LogP contribution < -0.4 is 4.57 Å². The number of hydrogen-bond donors (Lipinski definition) is 0. The molecule has 0 unspecified atom stereocenters. The van der Waals surface area contributed by atoms with Crippen molar-refractivity contribution >= 4 is 27.6 Å². The molecule has 1 aromatic heterocycles. The Morgan fingerprint density at radius 1 is 1.30 bits per heavy atom. The van der Waals surface area contributed by atoms with Crippen molar-refractivity contribution in [2.45, 2.75) is 40.2 Å². The number of aromatic nitrogens is 1. The molecule has 1 atom stereocenters. The van der Waals surface area contributed by atoms with Crippen LogP contribution in [0.2, 0.25) is 0 Å². The van der Waals surface area contributed by atoms with E-state index in [4.69, 9.17) is 0 Å². The third kappa shape index (κ3) is 2.57. The number of aryl methyl sites for hydroxylation is 1. The molecule has 104 valence electrons. The first-order valence-electron chi connectivity index (χ1n) is 7.46. The van der Waals surface area contributed by atoms with Gasteiger partial charge in [-0.15, -0.1) is 0 Å². The van der Waals surface area contributed by atoms with E-state index in [1.54, 1.807) is 0 Å². The summed E-state index contributed by atoms with van der Waals surface area (Å²) in [5, 5.41) is 1.38. The van der Waals surface area contributed by atoms with Crippen molar-refractivity contribution in [3.63, 3.8) is 0 Å². The molecule has 0 fully saturated rings. The quantitative estimate of drug-likeness (QED) is 0.686. The van der Waals surface area contributed by atoms with Crippen LogP contribution in [0.15, 0.2) is 41.5 Å². The lowest BCUT2D eigenvalue weighted by Gasteiger charge is -2.18. The van der Waals surface area contributed by atoms with Crippen molar-refractivity contribution in [1.82, 2.24) is 0 Å².